The molecule has 0 spiro atoms. The van der Waals surface area contributed by atoms with Crippen molar-refractivity contribution in [3.05, 3.63) is 59.2 Å². The number of carbonyl (C=O) groups is 1. The Balaban J connectivity index is 2.25. The first-order valence-corrected chi connectivity index (χ1v) is 5.94. The number of ether oxygens (including phenoxy) is 1. The first kappa shape index (κ1) is 11.7. The van der Waals surface area contributed by atoms with E-state index < -0.39 is 11.9 Å². The van der Waals surface area contributed by atoms with Crippen molar-refractivity contribution in [1.82, 2.24) is 0 Å². The Morgan fingerprint density at radius 3 is 2.68 bits per heavy atom. The van der Waals surface area contributed by atoms with Crippen LogP contribution in [0.1, 0.15) is 22.6 Å². The average Bonchev–Trinajstić information content (AvgIpc) is 2.44. The molecule has 0 radical (unpaired) electrons. The predicted octanol–water partition coefficient (Wildman–Crippen LogP) is 3.25. The minimum atomic E-state index is -0.702. The van der Waals surface area contributed by atoms with Crippen molar-refractivity contribution in [2.75, 3.05) is 0 Å². The second kappa shape index (κ2) is 4.40. The lowest BCUT2D eigenvalue weighted by Crippen LogP contribution is -2.21. The number of hydrogen-bond acceptors (Lipinski definition) is 4. The van der Waals surface area contributed by atoms with E-state index in [2.05, 4.69) is 4.89 Å². The number of aryl methyl sites for hydroxylation is 1. The summed E-state index contributed by atoms with van der Waals surface area (Å²) in [4.78, 5) is 15.9. The molecule has 0 aromatic heterocycles. The van der Waals surface area contributed by atoms with E-state index in [4.69, 9.17) is 9.99 Å². The molecule has 1 atom stereocenters. The van der Waals surface area contributed by atoms with Gasteiger partial charge in [0.1, 0.15) is 17.4 Å². The summed E-state index contributed by atoms with van der Waals surface area (Å²) < 4.78 is 5.79. The fraction of sp³-hybridized carbons (Fsp3) is 0.133. The van der Waals surface area contributed by atoms with Gasteiger partial charge in [-0.15, -0.1) is 0 Å². The fourth-order valence-corrected chi connectivity index (χ4v) is 2.50. The van der Waals surface area contributed by atoms with Crippen LogP contribution in [0.4, 0.5) is 0 Å². The van der Waals surface area contributed by atoms with Crippen LogP contribution >= 0.6 is 0 Å². The Hall–Kier alpha value is -2.33. The monoisotopic (exact) mass is 256 g/mol. The molecule has 1 N–H and O–H groups in total. The van der Waals surface area contributed by atoms with Gasteiger partial charge in [0, 0.05) is 11.1 Å². The maximum Gasteiger partial charge on any atom is 0.354 e. The van der Waals surface area contributed by atoms with Gasteiger partial charge >= 0.3 is 5.97 Å². The third kappa shape index (κ3) is 1.77. The molecule has 4 nitrogen and oxygen atoms in total. The molecular weight excluding hydrogens is 244 g/mol. The van der Waals surface area contributed by atoms with Crippen LogP contribution in [0.2, 0.25) is 0 Å². The molecule has 0 saturated carbocycles. The van der Waals surface area contributed by atoms with Gasteiger partial charge in [-0.25, -0.2) is 4.79 Å². The molecule has 2 aromatic rings. The van der Waals surface area contributed by atoms with Crippen molar-refractivity contribution in [3.8, 4) is 11.5 Å². The van der Waals surface area contributed by atoms with Crippen LogP contribution in [-0.4, -0.2) is 11.2 Å². The molecule has 3 rings (SSSR count). The van der Waals surface area contributed by atoms with E-state index in [0.29, 0.717) is 17.1 Å². The molecular formula is C15H12O4. The molecule has 96 valence electrons. The summed E-state index contributed by atoms with van der Waals surface area (Å²) in [5, 5.41) is 8.74. The lowest BCUT2D eigenvalue weighted by Gasteiger charge is -2.27. The molecule has 1 heterocycles. The zero-order valence-corrected chi connectivity index (χ0v) is 10.3. The minimum absolute atomic E-state index is 0.607. The highest BCUT2D eigenvalue weighted by atomic mass is 17.1. The summed E-state index contributed by atoms with van der Waals surface area (Å²) in [6.07, 6.45) is 0. The standard InChI is InChI=1S/C15H12O4/c1-9-5-4-8-12-13(9)14(15(16)19-17)10-6-2-3-7-11(10)18-12/h2-8,14,17H,1H3. The SMILES string of the molecule is Cc1cccc2c1C(C(=O)OO)c1ccccc1O2. The van der Waals surface area contributed by atoms with Gasteiger partial charge in [-0.2, -0.15) is 5.26 Å². The van der Waals surface area contributed by atoms with Crippen molar-refractivity contribution in [2.24, 2.45) is 0 Å². The van der Waals surface area contributed by atoms with Gasteiger partial charge in [-0.3, -0.25) is 4.89 Å². The van der Waals surface area contributed by atoms with Crippen molar-refractivity contribution in [1.29, 1.82) is 0 Å². The fourth-order valence-electron chi connectivity index (χ4n) is 2.50. The van der Waals surface area contributed by atoms with Gasteiger partial charge in [0.25, 0.3) is 0 Å². The molecule has 1 aliphatic heterocycles. The topological polar surface area (TPSA) is 55.8 Å². The molecule has 0 amide bonds. The van der Waals surface area contributed by atoms with E-state index in [1.807, 2.05) is 31.2 Å². The largest absolute Gasteiger partial charge is 0.457 e. The van der Waals surface area contributed by atoms with Crippen molar-refractivity contribution in [2.45, 2.75) is 12.8 Å². The van der Waals surface area contributed by atoms with Gasteiger partial charge in [0.2, 0.25) is 0 Å². The van der Waals surface area contributed by atoms with Crippen LogP contribution in [-0.2, 0) is 9.68 Å². The Morgan fingerprint density at radius 2 is 1.89 bits per heavy atom. The molecule has 0 saturated heterocycles. The summed E-state index contributed by atoms with van der Waals surface area (Å²) >= 11 is 0. The zero-order valence-electron chi connectivity index (χ0n) is 10.3. The van der Waals surface area contributed by atoms with E-state index in [0.717, 1.165) is 11.1 Å². The Kier molecular flexibility index (Phi) is 2.72. The van der Waals surface area contributed by atoms with Gasteiger partial charge in [0.15, 0.2) is 0 Å². The van der Waals surface area contributed by atoms with Crippen molar-refractivity contribution in [3.63, 3.8) is 0 Å². The average molecular weight is 256 g/mol. The molecule has 0 bridgehead atoms. The Bertz CT molecular complexity index is 648. The highest BCUT2D eigenvalue weighted by Gasteiger charge is 2.35. The summed E-state index contributed by atoms with van der Waals surface area (Å²) in [7, 11) is 0. The van der Waals surface area contributed by atoms with E-state index in [1.54, 1.807) is 18.2 Å². The molecule has 1 unspecified atom stereocenters. The number of rotatable bonds is 1. The lowest BCUT2D eigenvalue weighted by atomic mass is 9.85. The van der Waals surface area contributed by atoms with Crippen LogP contribution in [0.5, 0.6) is 11.5 Å². The highest BCUT2D eigenvalue weighted by Crippen LogP contribution is 2.45. The first-order valence-electron chi connectivity index (χ1n) is 5.94. The van der Waals surface area contributed by atoms with Crippen LogP contribution in [0.15, 0.2) is 42.5 Å². The van der Waals surface area contributed by atoms with Gasteiger partial charge in [-0.05, 0) is 24.6 Å². The third-order valence-corrected chi connectivity index (χ3v) is 3.35. The first-order chi connectivity index (χ1) is 9.22. The number of fused-ring (bicyclic) bond motifs is 2. The molecule has 0 aliphatic carbocycles. The zero-order chi connectivity index (χ0) is 13.4. The van der Waals surface area contributed by atoms with Crippen molar-refractivity contribution < 1.29 is 19.7 Å². The smallest absolute Gasteiger partial charge is 0.354 e. The molecule has 0 fully saturated rings. The number of benzene rings is 2. The summed E-state index contributed by atoms with van der Waals surface area (Å²) in [5.41, 5.74) is 2.35. The Labute approximate surface area is 110 Å². The molecule has 4 heteroatoms. The third-order valence-electron chi connectivity index (χ3n) is 3.35. The van der Waals surface area contributed by atoms with Crippen LogP contribution in [0.25, 0.3) is 0 Å². The second-order valence-corrected chi connectivity index (χ2v) is 4.47. The maximum absolute atomic E-state index is 11.9. The molecule has 1 aliphatic rings. The number of hydrogen-bond donors (Lipinski definition) is 1. The summed E-state index contributed by atoms with van der Waals surface area (Å²) in [6.45, 7) is 1.90. The van der Waals surface area contributed by atoms with Crippen LogP contribution in [0.3, 0.4) is 0 Å². The van der Waals surface area contributed by atoms with E-state index in [9.17, 15) is 4.79 Å². The lowest BCUT2D eigenvalue weighted by molar-refractivity contribution is -0.235. The highest BCUT2D eigenvalue weighted by molar-refractivity contribution is 5.85. The number of para-hydroxylation sites is 1. The normalized spacial score (nSPS) is 16.0. The summed E-state index contributed by atoms with van der Waals surface area (Å²) in [6, 6.07) is 12.8. The van der Waals surface area contributed by atoms with E-state index in [1.165, 1.54) is 0 Å². The van der Waals surface area contributed by atoms with E-state index >= 15 is 0 Å². The minimum Gasteiger partial charge on any atom is -0.457 e. The predicted molar refractivity (Wildman–Crippen MR) is 68.3 cm³/mol. The maximum atomic E-state index is 11.9. The van der Waals surface area contributed by atoms with Crippen LogP contribution in [0, 0.1) is 6.92 Å². The van der Waals surface area contributed by atoms with Crippen molar-refractivity contribution >= 4 is 5.97 Å². The second-order valence-electron chi connectivity index (χ2n) is 4.47. The molecule has 19 heavy (non-hydrogen) atoms. The Morgan fingerprint density at radius 1 is 1.16 bits per heavy atom. The van der Waals surface area contributed by atoms with Gasteiger partial charge < -0.3 is 4.74 Å². The van der Waals surface area contributed by atoms with E-state index in [-0.39, 0.29) is 0 Å². The van der Waals surface area contributed by atoms with Crippen LogP contribution < -0.4 is 4.74 Å². The quantitative estimate of drug-likeness (QED) is 0.628. The number of carbonyl (C=O) groups excluding carboxylic acids is 1. The summed E-state index contributed by atoms with van der Waals surface area (Å²) in [5.74, 6) is -0.137. The molecule has 2 aromatic carbocycles. The van der Waals surface area contributed by atoms with Gasteiger partial charge in [0.05, 0.1) is 0 Å². The van der Waals surface area contributed by atoms with Gasteiger partial charge in [-0.1, -0.05) is 30.3 Å².